The van der Waals surface area contributed by atoms with Gasteiger partial charge in [0.25, 0.3) is 0 Å². The van der Waals surface area contributed by atoms with Crippen LogP contribution in [0.2, 0.25) is 0 Å². The molecule has 21 heavy (non-hydrogen) atoms. The summed E-state index contributed by atoms with van der Waals surface area (Å²) in [5.41, 5.74) is 7.42. The summed E-state index contributed by atoms with van der Waals surface area (Å²) in [4.78, 5) is 0. The number of methoxy groups -OCH3 is 1. The van der Waals surface area contributed by atoms with E-state index in [0.29, 0.717) is 12.5 Å². The Morgan fingerprint density at radius 2 is 2.05 bits per heavy atom. The van der Waals surface area contributed by atoms with Gasteiger partial charge in [0.2, 0.25) is 0 Å². The van der Waals surface area contributed by atoms with Crippen LogP contribution in [0, 0.1) is 5.92 Å². The summed E-state index contributed by atoms with van der Waals surface area (Å²) in [5, 5.41) is 0. The Hall–Kier alpha value is -1.10. The van der Waals surface area contributed by atoms with E-state index in [2.05, 4.69) is 19.1 Å². The monoisotopic (exact) mass is 291 g/mol. The lowest BCUT2D eigenvalue weighted by molar-refractivity contribution is -0.109. The minimum atomic E-state index is -0.356. The molecule has 1 aromatic rings. The first-order chi connectivity index (χ1) is 10.1. The van der Waals surface area contributed by atoms with Crippen molar-refractivity contribution in [3.8, 4) is 5.75 Å². The molecule has 3 unspecified atom stereocenters. The Balaban J connectivity index is 1.79. The molecule has 3 rings (SSSR count). The van der Waals surface area contributed by atoms with E-state index < -0.39 is 0 Å². The maximum atomic E-state index is 6.72. The SMILES string of the molecule is COc1ccc(C(C)(N)C2CCOC3(CCOC3)C2)cc1. The van der Waals surface area contributed by atoms with Crippen molar-refractivity contribution < 1.29 is 14.2 Å². The van der Waals surface area contributed by atoms with Gasteiger partial charge in [-0.15, -0.1) is 0 Å². The molecule has 0 amide bonds. The van der Waals surface area contributed by atoms with Crippen molar-refractivity contribution in [1.29, 1.82) is 0 Å². The molecule has 0 saturated carbocycles. The molecule has 0 aromatic heterocycles. The van der Waals surface area contributed by atoms with E-state index in [1.165, 1.54) is 0 Å². The standard InChI is InChI=1S/C17H25NO3/c1-16(18,13-3-5-15(19-2)6-4-13)14-7-9-21-17(11-14)8-10-20-12-17/h3-6,14H,7-12,18H2,1-2H3. The minimum Gasteiger partial charge on any atom is -0.497 e. The maximum absolute atomic E-state index is 6.72. The molecule has 2 N–H and O–H groups in total. The lowest BCUT2D eigenvalue weighted by Crippen LogP contribution is -2.50. The smallest absolute Gasteiger partial charge is 0.118 e. The van der Waals surface area contributed by atoms with Crippen LogP contribution in [-0.4, -0.2) is 32.5 Å². The number of ether oxygens (including phenoxy) is 3. The van der Waals surface area contributed by atoms with Gasteiger partial charge in [-0.05, 0) is 43.4 Å². The highest BCUT2D eigenvalue weighted by Gasteiger charge is 2.45. The van der Waals surface area contributed by atoms with Gasteiger partial charge < -0.3 is 19.9 Å². The number of benzene rings is 1. The van der Waals surface area contributed by atoms with Gasteiger partial charge in [0.1, 0.15) is 5.75 Å². The molecule has 2 aliphatic heterocycles. The fourth-order valence-electron chi connectivity index (χ4n) is 3.59. The fraction of sp³-hybridized carbons (Fsp3) is 0.647. The number of hydrogen-bond acceptors (Lipinski definition) is 4. The molecule has 4 heteroatoms. The fourth-order valence-corrected chi connectivity index (χ4v) is 3.59. The molecule has 3 atom stereocenters. The third kappa shape index (κ3) is 2.80. The van der Waals surface area contributed by atoms with Gasteiger partial charge in [0.15, 0.2) is 0 Å². The molecule has 0 radical (unpaired) electrons. The van der Waals surface area contributed by atoms with Gasteiger partial charge >= 0.3 is 0 Å². The molecule has 2 saturated heterocycles. The molecular weight excluding hydrogens is 266 g/mol. The molecule has 0 bridgehead atoms. The van der Waals surface area contributed by atoms with E-state index in [9.17, 15) is 0 Å². The molecule has 2 heterocycles. The highest BCUT2D eigenvalue weighted by Crippen LogP contribution is 2.42. The quantitative estimate of drug-likeness (QED) is 0.929. The van der Waals surface area contributed by atoms with Crippen LogP contribution in [0.4, 0.5) is 0 Å². The van der Waals surface area contributed by atoms with E-state index in [1.807, 2.05) is 12.1 Å². The second kappa shape index (κ2) is 5.59. The van der Waals surface area contributed by atoms with Crippen molar-refractivity contribution >= 4 is 0 Å². The first-order valence-corrected chi connectivity index (χ1v) is 7.71. The number of rotatable bonds is 3. The molecule has 116 valence electrons. The first-order valence-electron chi connectivity index (χ1n) is 7.71. The molecule has 1 aromatic carbocycles. The van der Waals surface area contributed by atoms with Crippen LogP contribution in [-0.2, 0) is 15.0 Å². The predicted molar refractivity (Wildman–Crippen MR) is 81.4 cm³/mol. The highest BCUT2D eigenvalue weighted by molar-refractivity contribution is 5.32. The van der Waals surface area contributed by atoms with Crippen LogP contribution < -0.4 is 10.5 Å². The summed E-state index contributed by atoms with van der Waals surface area (Å²) in [7, 11) is 1.68. The van der Waals surface area contributed by atoms with Crippen molar-refractivity contribution in [2.45, 2.75) is 37.3 Å². The Labute approximate surface area is 126 Å². The zero-order valence-electron chi connectivity index (χ0n) is 12.9. The van der Waals surface area contributed by atoms with Gasteiger partial charge in [-0.1, -0.05) is 12.1 Å². The van der Waals surface area contributed by atoms with Gasteiger partial charge in [0.05, 0.1) is 19.3 Å². The van der Waals surface area contributed by atoms with Crippen LogP contribution in [0.25, 0.3) is 0 Å². The van der Waals surface area contributed by atoms with Gasteiger partial charge in [-0.25, -0.2) is 0 Å². The van der Waals surface area contributed by atoms with Crippen LogP contribution in [0.5, 0.6) is 5.75 Å². The van der Waals surface area contributed by atoms with Gasteiger partial charge in [-0.3, -0.25) is 0 Å². The summed E-state index contributed by atoms with van der Waals surface area (Å²) in [5.74, 6) is 1.27. The van der Waals surface area contributed by atoms with Gasteiger partial charge in [0, 0.05) is 25.2 Å². The largest absolute Gasteiger partial charge is 0.497 e. The third-order valence-corrected chi connectivity index (χ3v) is 5.12. The zero-order valence-corrected chi connectivity index (χ0v) is 12.9. The normalized spacial score (nSPS) is 32.0. The van der Waals surface area contributed by atoms with E-state index in [4.69, 9.17) is 19.9 Å². The Morgan fingerprint density at radius 1 is 1.29 bits per heavy atom. The van der Waals surface area contributed by atoms with E-state index in [-0.39, 0.29) is 11.1 Å². The summed E-state index contributed by atoms with van der Waals surface area (Å²) in [6.45, 7) is 4.42. The zero-order chi connectivity index (χ0) is 14.9. The lowest BCUT2D eigenvalue weighted by Gasteiger charge is -2.44. The number of nitrogens with two attached hydrogens (primary N) is 1. The van der Waals surface area contributed by atoms with Crippen molar-refractivity contribution in [1.82, 2.24) is 0 Å². The Kier molecular flexibility index (Phi) is 3.95. The average molecular weight is 291 g/mol. The van der Waals surface area contributed by atoms with Gasteiger partial charge in [-0.2, -0.15) is 0 Å². The molecule has 1 spiro atoms. The van der Waals surface area contributed by atoms with Crippen LogP contribution in [0.3, 0.4) is 0 Å². The topological polar surface area (TPSA) is 53.7 Å². The lowest BCUT2D eigenvalue weighted by atomic mass is 9.71. The van der Waals surface area contributed by atoms with Crippen molar-refractivity contribution in [3.05, 3.63) is 29.8 Å². The third-order valence-electron chi connectivity index (χ3n) is 5.12. The van der Waals surface area contributed by atoms with Crippen molar-refractivity contribution in [2.24, 2.45) is 11.7 Å². The second-order valence-corrected chi connectivity index (χ2v) is 6.53. The average Bonchev–Trinajstić information content (AvgIpc) is 2.95. The van der Waals surface area contributed by atoms with E-state index in [1.54, 1.807) is 7.11 Å². The summed E-state index contributed by atoms with van der Waals surface area (Å²) in [6.07, 6.45) is 2.97. The molecule has 2 aliphatic rings. The predicted octanol–water partition coefficient (Wildman–Crippen LogP) is 2.45. The summed E-state index contributed by atoms with van der Waals surface area (Å²) in [6, 6.07) is 8.11. The molecule has 0 aliphatic carbocycles. The minimum absolute atomic E-state index is 0.101. The molecule has 2 fully saturated rings. The number of hydrogen-bond donors (Lipinski definition) is 1. The van der Waals surface area contributed by atoms with Crippen LogP contribution in [0.15, 0.2) is 24.3 Å². The second-order valence-electron chi connectivity index (χ2n) is 6.53. The summed E-state index contributed by atoms with van der Waals surface area (Å²) >= 11 is 0. The Morgan fingerprint density at radius 3 is 2.67 bits per heavy atom. The van der Waals surface area contributed by atoms with Crippen LogP contribution in [0.1, 0.15) is 31.7 Å². The van der Waals surface area contributed by atoms with E-state index in [0.717, 1.165) is 43.8 Å². The van der Waals surface area contributed by atoms with Crippen LogP contribution >= 0.6 is 0 Å². The molecular formula is C17H25NO3. The first kappa shape index (κ1) is 14.8. The van der Waals surface area contributed by atoms with Crippen molar-refractivity contribution in [2.75, 3.05) is 26.9 Å². The highest BCUT2D eigenvalue weighted by atomic mass is 16.6. The Bertz CT molecular complexity index is 477. The van der Waals surface area contributed by atoms with Crippen molar-refractivity contribution in [3.63, 3.8) is 0 Å². The molecule has 4 nitrogen and oxygen atoms in total. The maximum Gasteiger partial charge on any atom is 0.118 e. The summed E-state index contributed by atoms with van der Waals surface area (Å²) < 4.78 is 16.8. The van der Waals surface area contributed by atoms with E-state index >= 15 is 0 Å².